The van der Waals surface area contributed by atoms with Crippen molar-refractivity contribution in [1.29, 1.82) is 0 Å². The third-order valence-electron chi connectivity index (χ3n) is 3.72. The fourth-order valence-electron chi connectivity index (χ4n) is 2.42. The molecule has 0 unspecified atom stereocenters. The van der Waals surface area contributed by atoms with Crippen LogP contribution in [0, 0.1) is 13.8 Å². The molecule has 2 aromatic rings. The number of benzene rings is 2. The van der Waals surface area contributed by atoms with Crippen LogP contribution in [0.5, 0.6) is 17.2 Å². The van der Waals surface area contributed by atoms with Crippen molar-refractivity contribution in [1.82, 2.24) is 0 Å². The number of aryl methyl sites for hydroxylation is 2. The van der Waals surface area contributed by atoms with Gasteiger partial charge in [-0.05, 0) is 36.0 Å². The molecular formula is C17H21BO5. The third kappa shape index (κ3) is 4.18. The summed E-state index contributed by atoms with van der Waals surface area (Å²) in [6, 6.07) is 8.86. The summed E-state index contributed by atoms with van der Waals surface area (Å²) in [5.41, 5.74) is 3.38. The summed E-state index contributed by atoms with van der Waals surface area (Å²) in [5.74, 6) is 1.96. The van der Waals surface area contributed by atoms with Gasteiger partial charge in [0.2, 0.25) is 0 Å². The van der Waals surface area contributed by atoms with Gasteiger partial charge in [-0.15, -0.1) is 0 Å². The summed E-state index contributed by atoms with van der Waals surface area (Å²) in [6.45, 7) is 4.21. The van der Waals surface area contributed by atoms with E-state index in [2.05, 4.69) is 0 Å². The Bertz CT molecular complexity index is 639. The van der Waals surface area contributed by atoms with Crippen LogP contribution in [0.15, 0.2) is 30.3 Å². The average Bonchev–Trinajstić information content (AvgIpc) is 2.53. The van der Waals surface area contributed by atoms with Gasteiger partial charge in [0.15, 0.2) is 0 Å². The summed E-state index contributed by atoms with van der Waals surface area (Å²) >= 11 is 0. The van der Waals surface area contributed by atoms with Crippen molar-refractivity contribution in [3.63, 3.8) is 0 Å². The van der Waals surface area contributed by atoms with Gasteiger partial charge in [0.05, 0.1) is 14.2 Å². The van der Waals surface area contributed by atoms with Gasteiger partial charge in [-0.1, -0.05) is 12.1 Å². The van der Waals surface area contributed by atoms with Gasteiger partial charge in [0, 0.05) is 18.2 Å². The van der Waals surface area contributed by atoms with Crippen molar-refractivity contribution in [2.24, 2.45) is 0 Å². The fraction of sp³-hybridized carbons (Fsp3) is 0.294. The molecule has 0 radical (unpaired) electrons. The van der Waals surface area contributed by atoms with E-state index < -0.39 is 7.12 Å². The van der Waals surface area contributed by atoms with Crippen molar-refractivity contribution in [3.05, 3.63) is 47.0 Å². The number of ether oxygens (including phenoxy) is 3. The van der Waals surface area contributed by atoms with Crippen LogP contribution in [0.25, 0.3) is 0 Å². The molecule has 0 aliphatic carbocycles. The van der Waals surface area contributed by atoms with Crippen LogP contribution in [0.2, 0.25) is 0 Å². The summed E-state index contributed by atoms with van der Waals surface area (Å²) < 4.78 is 16.3. The van der Waals surface area contributed by atoms with Gasteiger partial charge in [-0.2, -0.15) is 0 Å². The lowest BCUT2D eigenvalue weighted by atomic mass is 9.78. The molecule has 0 amide bonds. The molecule has 5 nitrogen and oxygen atoms in total. The second kappa shape index (κ2) is 7.39. The van der Waals surface area contributed by atoms with Crippen molar-refractivity contribution >= 4 is 12.6 Å². The Morgan fingerprint density at radius 2 is 1.30 bits per heavy atom. The minimum absolute atomic E-state index is 0.371. The smallest absolute Gasteiger partial charge is 0.488 e. The first-order valence-corrected chi connectivity index (χ1v) is 7.26. The molecule has 0 aliphatic rings. The molecule has 0 atom stereocenters. The molecule has 0 saturated heterocycles. The zero-order valence-electron chi connectivity index (χ0n) is 13.8. The molecule has 122 valence electrons. The van der Waals surface area contributed by atoms with Crippen LogP contribution in [0.3, 0.4) is 0 Å². The molecule has 2 N–H and O–H groups in total. The quantitative estimate of drug-likeness (QED) is 0.792. The van der Waals surface area contributed by atoms with Crippen molar-refractivity contribution in [3.8, 4) is 17.2 Å². The molecule has 0 bridgehead atoms. The van der Waals surface area contributed by atoms with Crippen LogP contribution in [0.1, 0.15) is 16.7 Å². The highest BCUT2D eigenvalue weighted by molar-refractivity contribution is 6.58. The van der Waals surface area contributed by atoms with Crippen molar-refractivity contribution < 1.29 is 24.3 Å². The summed E-state index contributed by atoms with van der Waals surface area (Å²) in [7, 11) is 1.71. The van der Waals surface area contributed by atoms with Crippen LogP contribution >= 0.6 is 0 Å². The molecule has 0 aliphatic heterocycles. The number of rotatable bonds is 6. The summed E-state index contributed by atoms with van der Waals surface area (Å²) in [4.78, 5) is 0. The van der Waals surface area contributed by atoms with E-state index in [-0.39, 0.29) is 0 Å². The van der Waals surface area contributed by atoms with Crippen LogP contribution in [-0.2, 0) is 6.61 Å². The Kier molecular flexibility index (Phi) is 5.52. The Labute approximate surface area is 136 Å². The highest BCUT2D eigenvalue weighted by Crippen LogP contribution is 2.28. The van der Waals surface area contributed by atoms with Crippen molar-refractivity contribution in [2.45, 2.75) is 20.5 Å². The lowest BCUT2D eigenvalue weighted by Gasteiger charge is -2.15. The van der Waals surface area contributed by atoms with E-state index in [0.717, 1.165) is 16.7 Å². The topological polar surface area (TPSA) is 68.2 Å². The van der Waals surface area contributed by atoms with Crippen LogP contribution in [0.4, 0.5) is 0 Å². The van der Waals surface area contributed by atoms with Gasteiger partial charge in [0.25, 0.3) is 0 Å². The molecule has 0 saturated carbocycles. The van der Waals surface area contributed by atoms with E-state index in [1.807, 2.05) is 13.8 Å². The molecule has 6 heteroatoms. The standard InChI is InChI=1S/C17H21BO5/c1-11-5-13(18(19)20)6-12(2)17(11)10-23-16-8-14(21-3)7-15(9-16)22-4/h5-9,19-20H,10H2,1-4H3. The average molecular weight is 316 g/mol. The van der Waals surface area contributed by atoms with Crippen molar-refractivity contribution in [2.75, 3.05) is 14.2 Å². The largest absolute Gasteiger partial charge is 0.496 e. The molecule has 23 heavy (non-hydrogen) atoms. The first-order chi connectivity index (χ1) is 10.9. The normalized spacial score (nSPS) is 10.3. The molecule has 0 fully saturated rings. The minimum Gasteiger partial charge on any atom is -0.496 e. The van der Waals surface area contributed by atoms with E-state index in [9.17, 15) is 10.0 Å². The summed E-state index contributed by atoms with van der Waals surface area (Å²) in [6.07, 6.45) is 0. The molecule has 0 spiro atoms. The predicted molar refractivity (Wildman–Crippen MR) is 89.6 cm³/mol. The highest BCUT2D eigenvalue weighted by Gasteiger charge is 2.14. The second-order valence-corrected chi connectivity index (χ2v) is 5.34. The Morgan fingerprint density at radius 3 is 1.74 bits per heavy atom. The number of methoxy groups -OCH3 is 2. The van der Waals surface area contributed by atoms with Gasteiger partial charge in [0.1, 0.15) is 23.9 Å². The maximum Gasteiger partial charge on any atom is 0.488 e. The SMILES string of the molecule is COc1cc(OC)cc(OCc2c(C)cc(B(O)O)cc2C)c1. The Morgan fingerprint density at radius 1 is 0.826 bits per heavy atom. The zero-order chi connectivity index (χ0) is 17.0. The molecular weight excluding hydrogens is 295 g/mol. The maximum absolute atomic E-state index is 9.28. The molecule has 2 rings (SSSR count). The Balaban J connectivity index is 2.21. The van der Waals surface area contributed by atoms with Crippen LogP contribution in [-0.4, -0.2) is 31.4 Å². The predicted octanol–water partition coefficient (Wildman–Crippen LogP) is 1.58. The fourth-order valence-corrected chi connectivity index (χ4v) is 2.42. The third-order valence-corrected chi connectivity index (χ3v) is 3.72. The minimum atomic E-state index is -1.47. The lowest BCUT2D eigenvalue weighted by molar-refractivity contribution is 0.299. The van der Waals surface area contributed by atoms with Crippen LogP contribution < -0.4 is 19.7 Å². The first kappa shape index (κ1) is 17.2. The van der Waals surface area contributed by atoms with Gasteiger partial charge < -0.3 is 24.3 Å². The highest BCUT2D eigenvalue weighted by atomic mass is 16.5. The van der Waals surface area contributed by atoms with E-state index in [0.29, 0.717) is 29.3 Å². The molecule has 2 aromatic carbocycles. The monoisotopic (exact) mass is 316 g/mol. The number of hydrogen-bond acceptors (Lipinski definition) is 5. The Hall–Kier alpha value is -2.18. The summed E-state index contributed by atoms with van der Waals surface area (Å²) in [5, 5.41) is 18.6. The zero-order valence-corrected chi connectivity index (χ0v) is 13.8. The van der Waals surface area contributed by atoms with E-state index in [1.54, 1.807) is 44.6 Å². The molecule has 0 heterocycles. The van der Waals surface area contributed by atoms with E-state index in [4.69, 9.17) is 14.2 Å². The van der Waals surface area contributed by atoms with Gasteiger partial charge >= 0.3 is 7.12 Å². The second-order valence-electron chi connectivity index (χ2n) is 5.34. The van der Waals surface area contributed by atoms with Gasteiger partial charge in [-0.25, -0.2) is 0 Å². The molecule has 0 aromatic heterocycles. The van der Waals surface area contributed by atoms with E-state index >= 15 is 0 Å². The van der Waals surface area contributed by atoms with Gasteiger partial charge in [-0.3, -0.25) is 0 Å². The first-order valence-electron chi connectivity index (χ1n) is 7.26. The van der Waals surface area contributed by atoms with E-state index in [1.165, 1.54) is 0 Å². The number of hydrogen-bond donors (Lipinski definition) is 2. The lowest BCUT2D eigenvalue weighted by Crippen LogP contribution is -2.30. The maximum atomic E-state index is 9.28.